The molecule has 0 unspecified atom stereocenters. The van der Waals surface area contributed by atoms with E-state index < -0.39 is 12.2 Å². The van der Waals surface area contributed by atoms with Gasteiger partial charge < -0.3 is 29.6 Å². The number of nitrogens with zero attached hydrogens (tertiary/aromatic N) is 6. The van der Waals surface area contributed by atoms with Gasteiger partial charge in [-0.3, -0.25) is 4.79 Å². The van der Waals surface area contributed by atoms with Crippen molar-refractivity contribution in [1.29, 1.82) is 5.26 Å². The summed E-state index contributed by atoms with van der Waals surface area (Å²) in [5, 5.41) is 20.9. The molecule has 2 aromatic carbocycles. The first kappa shape index (κ1) is 27.9. The fourth-order valence-corrected chi connectivity index (χ4v) is 6.26. The van der Waals surface area contributed by atoms with Crippen molar-refractivity contribution in [1.82, 2.24) is 24.0 Å². The highest BCUT2D eigenvalue weighted by atomic mass is 19.1. The number of alkyl halides is 1. The van der Waals surface area contributed by atoms with Crippen molar-refractivity contribution in [2.24, 2.45) is 18.7 Å². The molecule has 3 N–H and O–H groups in total. The van der Waals surface area contributed by atoms with E-state index in [1.807, 2.05) is 23.7 Å². The molecule has 4 heterocycles. The van der Waals surface area contributed by atoms with Gasteiger partial charge in [0.2, 0.25) is 0 Å². The summed E-state index contributed by atoms with van der Waals surface area (Å²) in [5.74, 6) is 1.44. The van der Waals surface area contributed by atoms with Crippen molar-refractivity contribution < 1.29 is 19.0 Å². The van der Waals surface area contributed by atoms with Crippen molar-refractivity contribution in [2.45, 2.75) is 38.0 Å². The first-order chi connectivity index (χ1) is 21.2. The molecular weight excluding hydrogens is 561 g/mol. The summed E-state index contributed by atoms with van der Waals surface area (Å²) < 4.78 is 24.1. The monoisotopic (exact) mass is 593 g/mol. The molecule has 1 saturated carbocycles. The van der Waals surface area contributed by atoms with Gasteiger partial charge in [0.15, 0.2) is 5.82 Å². The number of amides is 1. The first-order valence-electron chi connectivity index (χ1n) is 14.7. The van der Waals surface area contributed by atoms with E-state index in [1.54, 1.807) is 31.4 Å². The molecule has 11 heteroatoms. The Morgan fingerprint density at radius 1 is 1.16 bits per heavy atom. The average molecular weight is 594 g/mol. The number of aromatic hydroxyl groups is 1. The average Bonchev–Trinajstić information content (AvgIpc) is 3.69. The molecular formula is C33H32FN7O3. The number of halogens is 1. The Morgan fingerprint density at radius 2 is 1.98 bits per heavy atom. The third-order valence-electron chi connectivity index (χ3n) is 8.63. The third-order valence-corrected chi connectivity index (χ3v) is 8.63. The second-order valence-electron chi connectivity index (χ2n) is 11.9. The number of nitrogens with two attached hydrogens (primary N) is 1. The van der Waals surface area contributed by atoms with Gasteiger partial charge in [0.25, 0.3) is 5.91 Å². The van der Waals surface area contributed by atoms with Crippen molar-refractivity contribution in [3.63, 3.8) is 0 Å². The minimum Gasteiger partial charge on any atom is -0.507 e. The lowest BCUT2D eigenvalue weighted by atomic mass is 10.0. The number of hydrogen-bond acceptors (Lipinski definition) is 7. The number of pyridine rings is 1. The van der Waals surface area contributed by atoms with Crippen LogP contribution in [-0.4, -0.2) is 67.4 Å². The molecule has 10 nitrogen and oxygen atoms in total. The highest BCUT2D eigenvalue weighted by Gasteiger charge is 2.30. The van der Waals surface area contributed by atoms with Crippen LogP contribution in [0.4, 0.5) is 4.39 Å². The molecule has 1 aliphatic carbocycles. The van der Waals surface area contributed by atoms with Gasteiger partial charge in [-0.25, -0.2) is 14.4 Å². The Kier molecular flexibility index (Phi) is 6.74. The summed E-state index contributed by atoms with van der Waals surface area (Å²) in [5.41, 5.74) is 10.8. The number of phenolic OH excluding ortho intramolecular Hbond substituents is 1. The van der Waals surface area contributed by atoms with Crippen LogP contribution in [0.15, 0.2) is 48.5 Å². The molecule has 1 aliphatic heterocycles. The number of methoxy groups -OCH3 is 1. The fraction of sp³-hybridized carbons (Fsp3) is 0.333. The molecule has 44 heavy (non-hydrogen) atoms. The van der Waals surface area contributed by atoms with Gasteiger partial charge in [0, 0.05) is 42.7 Å². The molecule has 0 spiro atoms. The van der Waals surface area contributed by atoms with Crippen molar-refractivity contribution in [3.05, 3.63) is 59.7 Å². The Morgan fingerprint density at radius 3 is 2.70 bits per heavy atom. The summed E-state index contributed by atoms with van der Waals surface area (Å²) in [6.45, 7) is 1.06. The summed E-state index contributed by atoms with van der Waals surface area (Å²) >= 11 is 0. The molecule has 2 fully saturated rings. The minimum absolute atomic E-state index is 0.00912. The normalized spacial score (nSPS) is 18.6. The molecule has 7 rings (SSSR count). The third kappa shape index (κ3) is 4.81. The number of hydrogen-bond donors (Lipinski definition) is 2. The molecule has 1 saturated heterocycles. The van der Waals surface area contributed by atoms with Crippen molar-refractivity contribution in [3.8, 4) is 40.3 Å². The van der Waals surface area contributed by atoms with Crippen molar-refractivity contribution >= 4 is 28.0 Å². The number of carbonyl (C=O) groups excluding carboxylic acids is 1. The Balaban J connectivity index is 1.35. The molecule has 3 aromatic heterocycles. The van der Waals surface area contributed by atoms with Crippen LogP contribution in [0.3, 0.4) is 0 Å². The van der Waals surface area contributed by atoms with Gasteiger partial charge in [-0.05, 0) is 73.7 Å². The molecule has 1 amide bonds. The van der Waals surface area contributed by atoms with Crippen LogP contribution >= 0.6 is 0 Å². The SMILES string of the molecule is COc1cc(C(=O)N2C[C@H](N)C[C@@H](F)C2)cc2nc(-c3cc4ccc(-c5cc(C#N)ccc5O)nc4n3CC3CC3)n(C)c12. The molecule has 5 aromatic rings. The number of benzene rings is 2. The van der Waals surface area contributed by atoms with E-state index in [0.717, 1.165) is 41.6 Å². The number of aryl methyl sites for hydroxylation is 1. The topological polar surface area (TPSA) is 135 Å². The quantitative estimate of drug-likeness (QED) is 0.290. The minimum atomic E-state index is -1.16. The van der Waals surface area contributed by atoms with Crippen LogP contribution in [0.5, 0.6) is 11.5 Å². The molecule has 0 bridgehead atoms. The largest absolute Gasteiger partial charge is 0.507 e. The lowest BCUT2D eigenvalue weighted by Gasteiger charge is -2.33. The number of carbonyl (C=O) groups is 1. The maximum Gasteiger partial charge on any atom is 0.254 e. The predicted molar refractivity (Wildman–Crippen MR) is 164 cm³/mol. The first-order valence-corrected chi connectivity index (χ1v) is 14.7. The second-order valence-corrected chi connectivity index (χ2v) is 11.9. The number of likely N-dealkylation sites (tertiary alicyclic amines) is 1. The maximum absolute atomic E-state index is 14.3. The number of imidazole rings is 1. The highest BCUT2D eigenvalue weighted by Crippen LogP contribution is 2.39. The Hall–Kier alpha value is -4.95. The standard InChI is InChI=1S/C33H32FN7O3/c1-39-30-26(10-21(12-29(30)44-2)33(43)40-16-22(34)13-23(36)17-40)38-32(39)27-11-20-6-7-25(24-9-19(14-35)5-8-28(24)42)37-31(20)41(27)15-18-3-4-18/h5-12,18,22-23,42H,3-4,13,15-17,36H2,1-2H3/t22-,23-/m1/s1. The van der Waals surface area contributed by atoms with Gasteiger partial charge in [-0.15, -0.1) is 0 Å². The second kappa shape index (κ2) is 10.6. The summed E-state index contributed by atoms with van der Waals surface area (Å²) in [4.78, 5) is 24.9. The Bertz CT molecular complexity index is 1980. The van der Waals surface area contributed by atoms with Crippen LogP contribution in [-0.2, 0) is 13.6 Å². The number of nitriles is 1. The van der Waals surface area contributed by atoms with Gasteiger partial charge in [0.05, 0.1) is 42.2 Å². The van der Waals surface area contributed by atoms with Gasteiger partial charge >= 0.3 is 0 Å². The van der Waals surface area contributed by atoms with E-state index in [1.165, 1.54) is 11.0 Å². The Labute approximate surface area is 253 Å². The molecule has 2 atom stereocenters. The zero-order chi connectivity index (χ0) is 30.7. The molecule has 0 radical (unpaired) electrons. The van der Waals surface area contributed by atoms with E-state index in [-0.39, 0.29) is 24.6 Å². The summed E-state index contributed by atoms with van der Waals surface area (Å²) in [7, 11) is 3.46. The number of aromatic nitrogens is 4. The number of fused-ring (bicyclic) bond motifs is 2. The van der Waals surface area contributed by atoms with E-state index in [2.05, 4.69) is 16.7 Å². The summed E-state index contributed by atoms with van der Waals surface area (Å²) in [6, 6.07) is 15.7. The smallest absolute Gasteiger partial charge is 0.254 e. The lowest BCUT2D eigenvalue weighted by molar-refractivity contribution is 0.0606. The van der Waals surface area contributed by atoms with E-state index in [9.17, 15) is 19.6 Å². The van der Waals surface area contributed by atoms with Crippen molar-refractivity contribution in [2.75, 3.05) is 20.2 Å². The fourth-order valence-electron chi connectivity index (χ4n) is 6.26. The van der Waals surface area contributed by atoms with Crippen LogP contribution < -0.4 is 10.5 Å². The van der Waals surface area contributed by atoms with E-state index in [4.69, 9.17) is 20.4 Å². The van der Waals surface area contributed by atoms with Gasteiger partial charge in [-0.2, -0.15) is 5.26 Å². The van der Waals surface area contributed by atoms with Gasteiger partial charge in [0.1, 0.15) is 28.8 Å². The highest BCUT2D eigenvalue weighted by molar-refractivity contribution is 6.00. The van der Waals surface area contributed by atoms with Crippen LogP contribution in [0.25, 0.3) is 44.8 Å². The predicted octanol–water partition coefficient (Wildman–Crippen LogP) is 4.76. The number of rotatable bonds is 6. The van der Waals surface area contributed by atoms with E-state index in [0.29, 0.717) is 51.9 Å². The zero-order valence-electron chi connectivity index (χ0n) is 24.5. The number of ether oxygens (including phenoxy) is 1. The number of piperidine rings is 1. The van der Waals surface area contributed by atoms with Crippen LogP contribution in [0.2, 0.25) is 0 Å². The molecule has 2 aliphatic rings. The lowest BCUT2D eigenvalue weighted by Crippen LogP contribution is -2.50. The molecule has 224 valence electrons. The van der Waals surface area contributed by atoms with Gasteiger partial charge in [-0.1, -0.05) is 0 Å². The number of phenols is 1. The van der Waals surface area contributed by atoms with Crippen LogP contribution in [0.1, 0.15) is 35.2 Å². The zero-order valence-corrected chi connectivity index (χ0v) is 24.5. The van der Waals surface area contributed by atoms with Crippen LogP contribution in [0, 0.1) is 17.2 Å². The van der Waals surface area contributed by atoms with E-state index >= 15 is 0 Å². The maximum atomic E-state index is 14.3. The summed E-state index contributed by atoms with van der Waals surface area (Å²) in [6.07, 6.45) is 1.35.